The minimum atomic E-state index is -0.189. The molecule has 4 aromatic rings. The summed E-state index contributed by atoms with van der Waals surface area (Å²) >= 11 is 7.41. The van der Waals surface area contributed by atoms with E-state index in [-0.39, 0.29) is 11.7 Å². The minimum Gasteiger partial charge on any atom is -0.378 e. The fourth-order valence-electron chi connectivity index (χ4n) is 3.29. The summed E-state index contributed by atoms with van der Waals surface area (Å²) in [4.78, 5) is 19.1. The number of imidazole rings is 1. The van der Waals surface area contributed by atoms with Crippen molar-refractivity contribution in [3.8, 4) is 0 Å². The zero-order chi connectivity index (χ0) is 23.2. The van der Waals surface area contributed by atoms with E-state index in [0.29, 0.717) is 11.6 Å². The van der Waals surface area contributed by atoms with Crippen molar-refractivity contribution in [2.24, 2.45) is 5.10 Å². The lowest BCUT2D eigenvalue weighted by Crippen LogP contribution is -2.20. The molecular weight excluding hydrogens is 454 g/mol. The lowest BCUT2D eigenvalue weighted by atomic mass is 10.2. The van der Waals surface area contributed by atoms with Gasteiger partial charge in [-0.05, 0) is 47.5 Å². The molecule has 0 unspecified atom stereocenters. The Hall–Kier alpha value is -3.29. The number of carbonyl (C=O) groups excluding carboxylic acids is 1. The number of thioether (sulfide) groups is 1. The summed E-state index contributed by atoms with van der Waals surface area (Å²) < 4.78 is 2.12. The number of rotatable bonds is 8. The normalized spacial score (nSPS) is 11.2. The van der Waals surface area contributed by atoms with Crippen molar-refractivity contribution in [1.82, 2.24) is 15.0 Å². The number of hydrogen-bond acceptors (Lipinski definition) is 5. The van der Waals surface area contributed by atoms with E-state index in [2.05, 4.69) is 15.1 Å². The van der Waals surface area contributed by atoms with E-state index in [4.69, 9.17) is 16.6 Å². The van der Waals surface area contributed by atoms with Crippen molar-refractivity contribution >= 4 is 52.2 Å². The molecule has 4 rings (SSSR count). The van der Waals surface area contributed by atoms with Crippen molar-refractivity contribution in [3.63, 3.8) is 0 Å². The van der Waals surface area contributed by atoms with Crippen molar-refractivity contribution in [2.45, 2.75) is 11.7 Å². The Morgan fingerprint density at radius 1 is 1.09 bits per heavy atom. The number of para-hydroxylation sites is 2. The quantitative estimate of drug-likeness (QED) is 0.219. The molecule has 1 amide bonds. The van der Waals surface area contributed by atoms with Gasteiger partial charge in [-0.2, -0.15) is 5.10 Å². The second-order valence-corrected chi connectivity index (χ2v) is 9.04. The molecule has 0 radical (unpaired) electrons. The predicted octanol–water partition coefficient (Wildman–Crippen LogP) is 5.05. The van der Waals surface area contributed by atoms with Gasteiger partial charge in [-0.1, -0.05) is 59.8 Å². The van der Waals surface area contributed by atoms with Crippen LogP contribution in [0.5, 0.6) is 0 Å². The summed E-state index contributed by atoms with van der Waals surface area (Å²) in [7, 11) is 3.98. The van der Waals surface area contributed by atoms with E-state index in [9.17, 15) is 4.79 Å². The minimum absolute atomic E-state index is 0.189. The van der Waals surface area contributed by atoms with E-state index in [1.165, 1.54) is 11.8 Å². The Balaban J connectivity index is 1.41. The van der Waals surface area contributed by atoms with Crippen molar-refractivity contribution in [3.05, 3.63) is 88.9 Å². The van der Waals surface area contributed by atoms with Crippen LogP contribution in [0, 0.1) is 0 Å². The molecule has 3 aromatic carbocycles. The van der Waals surface area contributed by atoms with Crippen LogP contribution >= 0.6 is 23.4 Å². The van der Waals surface area contributed by atoms with Gasteiger partial charge in [0.25, 0.3) is 5.91 Å². The molecule has 6 nitrogen and oxygen atoms in total. The number of hydrogen-bond donors (Lipinski definition) is 1. The first-order chi connectivity index (χ1) is 16.0. The molecule has 33 heavy (non-hydrogen) atoms. The number of halogens is 1. The molecule has 8 heteroatoms. The SMILES string of the molecule is CN(C)c1ccc(/C=N\NC(=O)CSc2nc3ccccc3n2Cc2ccc(Cl)cc2)cc1. The molecular formula is C25H24ClN5OS. The Bertz CT molecular complexity index is 1270. The van der Waals surface area contributed by atoms with E-state index in [0.717, 1.165) is 33.0 Å². The molecule has 0 bridgehead atoms. The average molecular weight is 478 g/mol. The highest BCUT2D eigenvalue weighted by molar-refractivity contribution is 7.99. The molecule has 0 aliphatic carbocycles. The van der Waals surface area contributed by atoms with Gasteiger partial charge < -0.3 is 9.47 Å². The third-order valence-electron chi connectivity index (χ3n) is 5.02. The number of nitrogens with zero attached hydrogens (tertiary/aromatic N) is 4. The van der Waals surface area contributed by atoms with Gasteiger partial charge in [0.2, 0.25) is 0 Å². The maximum atomic E-state index is 12.4. The Kier molecular flexibility index (Phi) is 7.32. The third kappa shape index (κ3) is 5.94. The van der Waals surface area contributed by atoms with Crippen LogP contribution in [0.2, 0.25) is 5.02 Å². The number of hydrazone groups is 1. The van der Waals surface area contributed by atoms with Crippen molar-refractivity contribution < 1.29 is 4.79 Å². The molecule has 0 saturated heterocycles. The molecule has 0 aliphatic rings. The van der Waals surface area contributed by atoms with Crippen LogP contribution in [0.25, 0.3) is 11.0 Å². The van der Waals surface area contributed by atoms with E-state index in [1.807, 2.05) is 91.8 Å². The zero-order valence-corrected chi connectivity index (χ0v) is 20.0. The number of nitrogens with one attached hydrogen (secondary N) is 1. The van der Waals surface area contributed by atoms with Gasteiger partial charge in [0.05, 0.1) is 29.5 Å². The van der Waals surface area contributed by atoms with Gasteiger partial charge >= 0.3 is 0 Å². The maximum Gasteiger partial charge on any atom is 0.250 e. The zero-order valence-electron chi connectivity index (χ0n) is 18.4. The lowest BCUT2D eigenvalue weighted by molar-refractivity contribution is -0.118. The van der Waals surface area contributed by atoms with E-state index < -0.39 is 0 Å². The molecule has 0 aliphatic heterocycles. The maximum absolute atomic E-state index is 12.4. The standard InChI is InChI=1S/C25H24ClN5OS/c1-30(2)21-13-9-18(10-14-21)15-27-29-24(32)17-33-25-28-22-5-3-4-6-23(22)31(25)16-19-7-11-20(26)12-8-19/h3-15H,16-17H2,1-2H3,(H,29,32)/b27-15-. The summed E-state index contributed by atoms with van der Waals surface area (Å²) in [6.07, 6.45) is 1.64. The third-order valence-corrected chi connectivity index (χ3v) is 6.25. The lowest BCUT2D eigenvalue weighted by Gasteiger charge is -2.11. The van der Waals surface area contributed by atoms with Gasteiger partial charge in [-0.15, -0.1) is 0 Å². The number of anilines is 1. The molecule has 1 aromatic heterocycles. The number of amides is 1. The average Bonchev–Trinajstić information content (AvgIpc) is 3.17. The van der Waals surface area contributed by atoms with Crippen LogP contribution < -0.4 is 10.3 Å². The smallest absolute Gasteiger partial charge is 0.250 e. The molecule has 0 saturated carbocycles. The monoisotopic (exact) mass is 477 g/mol. The first kappa shape index (κ1) is 22.9. The fourth-order valence-corrected chi connectivity index (χ4v) is 4.22. The predicted molar refractivity (Wildman–Crippen MR) is 138 cm³/mol. The van der Waals surface area contributed by atoms with Crippen LogP contribution in [-0.2, 0) is 11.3 Å². The van der Waals surface area contributed by atoms with Crippen LogP contribution in [0.3, 0.4) is 0 Å². The van der Waals surface area contributed by atoms with E-state index >= 15 is 0 Å². The molecule has 168 valence electrons. The topological polar surface area (TPSA) is 62.5 Å². The second-order valence-electron chi connectivity index (χ2n) is 7.66. The molecule has 0 spiro atoms. The van der Waals surface area contributed by atoms with E-state index in [1.54, 1.807) is 6.21 Å². The van der Waals surface area contributed by atoms with Crippen molar-refractivity contribution in [1.29, 1.82) is 0 Å². The van der Waals surface area contributed by atoms with Gasteiger partial charge in [-0.25, -0.2) is 10.4 Å². The van der Waals surface area contributed by atoms with Gasteiger partial charge in [0, 0.05) is 24.8 Å². The molecule has 0 atom stereocenters. The second kappa shape index (κ2) is 10.6. The Labute approximate surface area is 202 Å². The number of carbonyl (C=O) groups is 1. The van der Waals surface area contributed by atoms with Crippen LogP contribution in [-0.4, -0.2) is 41.5 Å². The number of benzene rings is 3. The molecule has 1 heterocycles. The first-order valence-corrected chi connectivity index (χ1v) is 11.8. The summed E-state index contributed by atoms with van der Waals surface area (Å²) in [5.74, 6) is 0.0205. The number of aromatic nitrogens is 2. The summed E-state index contributed by atoms with van der Waals surface area (Å²) in [5, 5.41) is 5.56. The first-order valence-electron chi connectivity index (χ1n) is 10.4. The Morgan fingerprint density at radius 2 is 1.82 bits per heavy atom. The highest BCUT2D eigenvalue weighted by Gasteiger charge is 2.13. The Morgan fingerprint density at radius 3 is 2.55 bits per heavy atom. The van der Waals surface area contributed by atoms with Crippen LogP contribution in [0.15, 0.2) is 83.1 Å². The van der Waals surface area contributed by atoms with Gasteiger partial charge in [0.1, 0.15) is 0 Å². The highest BCUT2D eigenvalue weighted by atomic mass is 35.5. The van der Waals surface area contributed by atoms with Gasteiger partial charge in [-0.3, -0.25) is 4.79 Å². The summed E-state index contributed by atoms with van der Waals surface area (Å²) in [6, 6.07) is 23.6. The van der Waals surface area contributed by atoms with Crippen LogP contribution in [0.4, 0.5) is 5.69 Å². The number of fused-ring (bicyclic) bond motifs is 1. The highest BCUT2D eigenvalue weighted by Crippen LogP contribution is 2.25. The van der Waals surface area contributed by atoms with Crippen LogP contribution in [0.1, 0.15) is 11.1 Å². The molecule has 0 fully saturated rings. The largest absolute Gasteiger partial charge is 0.378 e. The fraction of sp³-hybridized carbons (Fsp3) is 0.160. The molecule has 1 N–H and O–H groups in total. The summed E-state index contributed by atoms with van der Waals surface area (Å²) in [5.41, 5.74) is 7.65. The summed E-state index contributed by atoms with van der Waals surface area (Å²) in [6.45, 7) is 0.642. The van der Waals surface area contributed by atoms with Gasteiger partial charge in [0.15, 0.2) is 5.16 Å². The van der Waals surface area contributed by atoms with Crippen molar-refractivity contribution in [2.75, 3.05) is 24.7 Å².